The Hall–Kier alpha value is -5.49. The number of likely N-dealkylation sites (tertiary alicyclic amines) is 1. The molecular weight excluding hydrogens is 675 g/mol. The number of fused-ring (bicyclic) bond motifs is 3. The first-order chi connectivity index (χ1) is 25.2. The molecule has 1 spiro atoms. The summed E-state index contributed by atoms with van der Waals surface area (Å²) in [5.41, 5.74) is -0.950. The van der Waals surface area contributed by atoms with Crippen LogP contribution in [0.25, 0.3) is 32.9 Å². The normalized spacial score (nSPS) is 22.5. The number of amides is 1. The highest BCUT2D eigenvalue weighted by molar-refractivity contribution is 6.03. The Bertz CT molecular complexity index is 2290. The summed E-state index contributed by atoms with van der Waals surface area (Å²) in [7, 11) is 0. The number of hydrogen-bond acceptors (Lipinski definition) is 10. The first-order valence-corrected chi connectivity index (χ1v) is 17.4. The number of aromatic nitrogens is 6. The van der Waals surface area contributed by atoms with Crippen molar-refractivity contribution in [3.63, 3.8) is 0 Å². The smallest absolute Gasteiger partial charge is 0.346 e. The maximum atomic E-state index is 17.0. The molecule has 4 aliphatic rings. The van der Waals surface area contributed by atoms with E-state index in [1.54, 1.807) is 4.90 Å². The number of alkyl halides is 1. The fourth-order valence-electron chi connectivity index (χ4n) is 8.91. The topological polar surface area (TPSA) is 126 Å². The van der Waals surface area contributed by atoms with Crippen molar-refractivity contribution in [2.45, 2.75) is 43.8 Å². The van der Waals surface area contributed by atoms with E-state index in [1.807, 2.05) is 0 Å². The Morgan fingerprint density at radius 3 is 2.77 bits per heavy atom. The number of ether oxygens (including phenoxy) is 1. The highest BCUT2D eigenvalue weighted by Gasteiger charge is 2.50. The van der Waals surface area contributed by atoms with E-state index in [9.17, 15) is 18.7 Å². The molecule has 15 heteroatoms. The van der Waals surface area contributed by atoms with Crippen molar-refractivity contribution in [1.82, 2.24) is 39.5 Å². The molecule has 4 aliphatic heterocycles. The van der Waals surface area contributed by atoms with Gasteiger partial charge in [-0.2, -0.15) is 19.7 Å². The van der Waals surface area contributed by atoms with Gasteiger partial charge < -0.3 is 19.6 Å². The average Bonchev–Trinajstić information content (AvgIpc) is 3.86. The lowest BCUT2D eigenvalue weighted by molar-refractivity contribution is 0.0189. The van der Waals surface area contributed by atoms with E-state index in [0.717, 1.165) is 32.2 Å². The molecule has 1 amide bonds. The van der Waals surface area contributed by atoms with Crippen LogP contribution in [0.3, 0.4) is 0 Å². The quantitative estimate of drug-likeness (QED) is 0.251. The Labute approximate surface area is 296 Å². The van der Waals surface area contributed by atoms with Gasteiger partial charge in [0.15, 0.2) is 5.82 Å². The lowest BCUT2D eigenvalue weighted by atomic mass is 9.73. The third-order valence-electron chi connectivity index (χ3n) is 11.2. The van der Waals surface area contributed by atoms with Crippen LogP contribution in [0.1, 0.15) is 37.7 Å². The number of pyridine rings is 1. The summed E-state index contributed by atoms with van der Waals surface area (Å²) in [5, 5.41) is 15.5. The summed E-state index contributed by atoms with van der Waals surface area (Å²) in [6.45, 7) is 3.43. The number of nitrogens with zero attached hydrogens (tertiary/aromatic N) is 9. The van der Waals surface area contributed by atoms with Crippen LogP contribution in [-0.2, 0) is 0 Å². The molecule has 4 saturated heterocycles. The highest BCUT2D eigenvalue weighted by atomic mass is 19.1. The molecule has 5 aromatic rings. The van der Waals surface area contributed by atoms with Crippen molar-refractivity contribution in [1.29, 1.82) is 0 Å². The predicted molar refractivity (Wildman–Crippen MR) is 185 cm³/mol. The van der Waals surface area contributed by atoms with Crippen LogP contribution in [0.15, 0.2) is 43.1 Å². The van der Waals surface area contributed by atoms with Gasteiger partial charge in [-0.05, 0) is 55.8 Å². The van der Waals surface area contributed by atoms with Gasteiger partial charge in [-0.25, -0.2) is 22.9 Å². The fourth-order valence-corrected chi connectivity index (χ4v) is 8.91. The van der Waals surface area contributed by atoms with Gasteiger partial charge in [-0.3, -0.25) is 9.88 Å². The SMILES string of the molecule is C#Cc1c(F)ccc2cc(O)cc(-c3ncc4c(N5CCCC6(CN(C(=O)n7cncn7)C6)C5)nc(OC[C@@]56CCCN5C[C@H](F)C6)nc4c3F)c12. The molecule has 0 bridgehead atoms. The van der Waals surface area contributed by atoms with Crippen molar-refractivity contribution in [2.75, 3.05) is 50.8 Å². The lowest BCUT2D eigenvalue weighted by Gasteiger charge is -2.54. The van der Waals surface area contributed by atoms with E-state index in [-0.39, 0.29) is 57.5 Å². The van der Waals surface area contributed by atoms with Gasteiger partial charge in [0, 0.05) is 61.7 Å². The number of halogens is 3. The molecular formula is C37H34F3N9O3. The summed E-state index contributed by atoms with van der Waals surface area (Å²) in [4.78, 5) is 36.6. The minimum Gasteiger partial charge on any atom is -0.508 e. The molecule has 266 valence electrons. The maximum Gasteiger partial charge on any atom is 0.346 e. The number of carbonyl (C=O) groups excluding carboxylic acids is 1. The summed E-state index contributed by atoms with van der Waals surface area (Å²) >= 11 is 0. The lowest BCUT2D eigenvalue weighted by Crippen LogP contribution is -2.65. The van der Waals surface area contributed by atoms with E-state index in [2.05, 4.69) is 35.8 Å². The largest absolute Gasteiger partial charge is 0.508 e. The van der Waals surface area contributed by atoms with Crippen LogP contribution in [0.5, 0.6) is 11.8 Å². The zero-order chi connectivity index (χ0) is 35.8. The van der Waals surface area contributed by atoms with Crippen LogP contribution in [0.2, 0.25) is 0 Å². The molecule has 0 radical (unpaired) electrons. The summed E-state index contributed by atoms with van der Waals surface area (Å²) in [6, 6.07) is 5.08. The number of piperidine rings is 1. The van der Waals surface area contributed by atoms with E-state index < -0.39 is 23.3 Å². The van der Waals surface area contributed by atoms with E-state index >= 15 is 4.39 Å². The number of hydrogen-bond donors (Lipinski definition) is 1. The van der Waals surface area contributed by atoms with Gasteiger partial charge in [0.25, 0.3) is 0 Å². The number of carbonyl (C=O) groups is 1. The molecule has 4 fully saturated rings. The number of benzene rings is 2. The van der Waals surface area contributed by atoms with Crippen LogP contribution in [-0.4, -0.2) is 108 Å². The molecule has 3 aromatic heterocycles. The number of anilines is 1. The number of phenolic OH excluding ortho intramolecular Hbond substituents is 1. The highest BCUT2D eigenvalue weighted by Crippen LogP contribution is 2.44. The first-order valence-electron chi connectivity index (χ1n) is 17.4. The number of phenols is 1. The first kappa shape index (κ1) is 32.4. The number of aromatic hydroxyl groups is 1. The molecule has 52 heavy (non-hydrogen) atoms. The van der Waals surface area contributed by atoms with Crippen molar-refractivity contribution in [2.24, 2.45) is 5.41 Å². The Morgan fingerprint density at radius 1 is 1.12 bits per heavy atom. The molecule has 2 atom stereocenters. The standard InChI is InChI=1S/C37H34F3N9O3/c1-2-25-28(39)6-5-22-11-24(50)12-26(29(22)25)31-30(40)32-27(14-42-31)33(45-34(44-32)52-19-37-8-4-10-48(37)15-23(38)13-37)46-9-3-7-36(16-46)17-47(18-36)35(51)49-21-41-20-43-49/h1,5-6,11-12,14,20-21,23,50H,3-4,7-10,13,15-19H2/t23-,37+/m1/s1. The molecule has 1 N–H and O–H groups in total. The van der Waals surface area contributed by atoms with Crippen molar-refractivity contribution in [3.05, 3.63) is 60.3 Å². The molecule has 0 unspecified atom stereocenters. The summed E-state index contributed by atoms with van der Waals surface area (Å²) in [5.74, 6) is 1.12. The maximum absolute atomic E-state index is 17.0. The van der Waals surface area contributed by atoms with Gasteiger partial charge in [0.05, 0.1) is 16.5 Å². The minimum absolute atomic E-state index is 0.0607. The van der Waals surface area contributed by atoms with Gasteiger partial charge in [-0.1, -0.05) is 12.0 Å². The summed E-state index contributed by atoms with van der Waals surface area (Å²) < 4.78 is 54.0. The van der Waals surface area contributed by atoms with Gasteiger partial charge in [0.1, 0.15) is 54.0 Å². The minimum atomic E-state index is -0.957. The summed E-state index contributed by atoms with van der Waals surface area (Å²) in [6.07, 6.45) is 12.6. The molecule has 7 heterocycles. The zero-order valence-electron chi connectivity index (χ0n) is 28.1. The van der Waals surface area contributed by atoms with Crippen molar-refractivity contribution in [3.8, 4) is 35.4 Å². The van der Waals surface area contributed by atoms with Crippen LogP contribution < -0.4 is 9.64 Å². The Kier molecular flexibility index (Phi) is 7.51. The van der Waals surface area contributed by atoms with E-state index in [0.29, 0.717) is 55.7 Å². The molecule has 0 aliphatic carbocycles. The monoisotopic (exact) mass is 709 g/mol. The Morgan fingerprint density at radius 2 is 1.96 bits per heavy atom. The van der Waals surface area contributed by atoms with Gasteiger partial charge >= 0.3 is 12.0 Å². The molecule has 0 saturated carbocycles. The van der Waals surface area contributed by atoms with Crippen LogP contribution in [0.4, 0.5) is 23.8 Å². The molecule has 9 rings (SSSR count). The number of rotatable bonds is 5. The average molecular weight is 710 g/mol. The van der Waals surface area contributed by atoms with Gasteiger partial charge in [0.2, 0.25) is 0 Å². The van der Waals surface area contributed by atoms with Crippen LogP contribution in [0, 0.1) is 29.4 Å². The van der Waals surface area contributed by atoms with Crippen LogP contribution >= 0.6 is 0 Å². The van der Waals surface area contributed by atoms with Crippen molar-refractivity contribution >= 4 is 33.5 Å². The van der Waals surface area contributed by atoms with Gasteiger partial charge in [-0.15, -0.1) is 6.42 Å². The van der Waals surface area contributed by atoms with Crippen molar-refractivity contribution < 1.29 is 27.8 Å². The molecule has 12 nitrogen and oxygen atoms in total. The third-order valence-corrected chi connectivity index (χ3v) is 11.2. The fraction of sp³-hybridized carbons (Fsp3) is 0.405. The predicted octanol–water partition coefficient (Wildman–Crippen LogP) is 4.93. The second kappa shape index (κ2) is 12.0. The Balaban J connectivity index is 1.12. The van der Waals surface area contributed by atoms with E-state index in [1.165, 1.54) is 47.8 Å². The zero-order valence-corrected chi connectivity index (χ0v) is 28.1. The van der Waals surface area contributed by atoms with E-state index in [4.69, 9.17) is 16.1 Å². The third kappa shape index (κ3) is 5.18. The second-order valence-corrected chi connectivity index (χ2v) is 14.5. The second-order valence-electron chi connectivity index (χ2n) is 14.5. The molecule has 2 aromatic carbocycles. The number of terminal acetylenes is 1.